The van der Waals surface area contributed by atoms with E-state index in [-0.39, 0.29) is 11.7 Å². The van der Waals surface area contributed by atoms with Gasteiger partial charge < -0.3 is 0 Å². The topological polar surface area (TPSA) is 16.7 Å². The Balaban J connectivity index is 2.34. The SMILES string of the molecule is [C-]#[N+]c1cc(F)cc(C2CC=NC2)c1. The third-order valence-corrected chi connectivity index (χ3v) is 2.35. The fourth-order valence-electron chi connectivity index (χ4n) is 1.62. The van der Waals surface area contributed by atoms with E-state index in [1.165, 1.54) is 12.1 Å². The summed E-state index contributed by atoms with van der Waals surface area (Å²) in [4.78, 5) is 7.33. The van der Waals surface area contributed by atoms with Crippen molar-refractivity contribution in [2.45, 2.75) is 12.3 Å². The lowest BCUT2D eigenvalue weighted by Crippen LogP contribution is -1.97. The van der Waals surface area contributed by atoms with Crippen LogP contribution in [0, 0.1) is 12.4 Å². The molecule has 1 aromatic carbocycles. The molecule has 1 aliphatic rings. The monoisotopic (exact) mass is 188 g/mol. The summed E-state index contributed by atoms with van der Waals surface area (Å²) in [6.07, 6.45) is 2.70. The van der Waals surface area contributed by atoms with Gasteiger partial charge >= 0.3 is 0 Å². The highest BCUT2D eigenvalue weighted by Gasteiger charge is 2.15. The van der Waals surface area contributed by atoms with Gasteiger partial charge in [0.05, 0.1) is 6.57 Å². The Bertz CT molecular complexity index is 410. The second kappa shape index (κ2) is 3.59. The zero-order valence-electron chi connectivity index (χ0n) is 7.57. The van der Waals surface area contributed by atoms with E-state index in [0.29, 0.717) is 12.2 Å². The van der Waals surface area contributed by atoms with Gasteiger partial charge in [-0.25, -0.2) is 9.24 Å². The van der Waals surface area contributed by atoms with Gasteiger partial charge in [-0.15, -0.1) is 0 Å². The summed E-state index contributed by atoms with van der Waals surface area (Å²) in [6.45, 7) is 7.54. The van der Waals surface area contributed by atoms with E-state index in [1.54, 1.807) is 6.07 Å². The summed E-state index contributed by atoms with van der Waals surface area (Å²) in [5.41, 5.74) is 1.25. The normalized spacial score (nSPS) is 19.6. The lowest BCUT2D eigenvalue weighted by Gasteiger charge is -2.08. The van der Waals surface area contributed by atoms with Crippen LogP contribution in [0.2, 0.25) is 0 Å². The molecule has 3 heteroatoms. The Morgan fingerprint density at radius 2 is 2.29 bits per heavy atom. The zero-order chi connectivity index (χ0) is 9.97. The molecule has 0 radical (unpaired) electrons. The first-order valence-corrected chi connectivity index (χ1v) is 4.46. The van der Waals surface area contributed by atoms with E-state index in [0.717, 1.165) is 12.0 Å². The summed E-state index contributed by atoms with van der Waals surface area (Å²) in [5, 5.41) is 0. The molecule has 0 spiro atoms. The summed E-state index contributed by atoms with van der Waals surface area (Å²) < 4.78 is 13.1. The lowest BCUT2D eigenvalue weighted by molar-refractivity contribution is 0.622. The fraction of sp³-hybridized carbons (Fsp3) is 0.273. The minimum atomic E-state index is -0.333. The molecule has 0 N–H and O–H groups in total. The Hall–Kier alpha value is -1.69. The van der Waals surface area contributed by atoms with E-state index in [4.69, 9.17) is 6.57 Å². The second-order valence-electron chi connectivity index (χ2n) is 3.33. The van der Waals surface area contributed by atoms with E-state index in [1.807, 2.05) is 6.21 Å². The van der Waals surface area contributed by atoms with Crippen LogP contribution in [0.25, 0.3) is 4.85 Å². The van der Waals surface area contributed by atoms with Crippen molar-refractivity contribution in [2.24, 2.45) is 4.99 Å². The number of benzene rings is 1. The van der Waals surface area contributed by atoms with Gasteiger partial charge in [-0.1, -0.05) is 11.6 Å². The molecule has 0 saturated carbocycles. The Kier molecular flexibility index (Phi) is 2.28. The molecular formula is C11H9FN2. The van der Waals surface area contributed by atoms with Crippen molar-refractivity contribution < 1.29 is 4.39 Å². The molecule has 2 nitrogen and oxygen atoms in total. The molecule has 14 heavy (non-hydrogen) atoms. The number of halogens is 1. The third kappa shape index (κ3) is 1.64. The highest BCUT2D eigenvalue weighted by molar-refractivity contribution is 5.62. The molecule has 0 saturated heterocycles. The summed E-state index contributed by atoms with van der Waals surface area (Å²) in [5.74, 6) is -0.0772. The van der Waals surface area contributed by atoms with Gasteiger partial charge in [-0.3, -0.25) is 4.99 Å². The molecule has 1 unspecified atom stereocenters. The minimum absolute atomic E-state index is 0.256. The Labute approximate surface area is 81.9 Å². The van der Waals surface area contributed by atoms with Crippen LogP contribution in [0.15, 0.2) is 23.2 Å². The number of hydrogen-bond acceptors (Lipinski definition) is 1. The highest BCUT2D eigenvalue weighted by atomic mass is 19.1. The summed E-state index contributed by atoms with van der Waals surface area (Å²) >= 11 is 0. The van der Waals surface area contributed by atoms with E-state index < -0.39 is 0 Å². The molecule has 2 rings (SSSR count). The van der Waals surface area contributed by atoms with Crippen LogP contribution in [-0.2, 0) is 0 Å². The standard InChI is InChI=1S/C11H9FN2/c1-13-11-5-9(4-10(12)6-11)8-2-3-14-7-8/h3-6,8H,2,7H2. The van der Waals surface area contributed by atoms with Crippen LogP contribution in [0.4, 0.5) is 10.1 Å². The maximum atomic E-state index is 13.1. The smallest absolute Gasteiger partial charge is 0.190 e. The van der Waals surface area contributed by atoms with E-state index >= 15 is 0 Å². The predicted molar refractivity (Wildman–Crippen MR) is 53.4 cm³/mol. The average molecular weight is 188 g/mol. The van der Waals surface area contributed by atoms with Crippen molar-refractivity contribution in [3.05, 3.63) is 41.0 Å². The van der Waals surface area contributed by atoms with Crippen LogP contribution >= 0.6 is 0 Å². The number of aliphatic imine (C=N–C) groups is 1. The maximum absolute atomic E-state index is 13.1. The Morgan fingerprint density at radius 1 is 1.43 bits per heavy atom. The van der Waals surface area contributed by atoms with Gasteiger partial charge in [0, 0.05) is 12.5 Å². The first-order valence-electron chi connectivity index (χ1n) is 4.46. The van der Waals surface area contributed by atoms with Gasteiger partial charge in [0.1, 0.15) is 5.82 Å². The van der Waals surface area contributed by atoms with Crippen molar-refractivity contribution in [2.75, 3.05) is 6.54 Å². The predicted octanol–water partition coefficient (Wildman–Crippen LogP) is 2.93. The first-order chi connectivity index (χ1) is 6.79. The van der Waals surface area contributed by atoms with Crippen molar-refractivity contribution >= 4 is 11.9 Å². The minimum Gasteiger partial charge on any atom is -0.297 e. The van der Waals surface area contributed by atoms with Crippen molar-refractivity contribution in [3.63, 3.8) is 0 Å². The Morgan fingerprint density at radius 3 is 2.93 bits per heavy atom. The molecule has 1 aliphatic heterocycles. The van der Waals surface area contributed by atoms with Crippen molar-refractivity contribution in [1.29, 1.82) is 0 Å². The van der Waals surface area contributed by atoms with Crippen molar-refractivity contribution in [3.8, 4) is 0 Å². The van der Waals surface area contributed by atoms with Gasteiger partial charge in [-0.2, -0.15) is 0 Å². The molecule has 70 valence electrons. The molecule has 0 fully saturated rings. The van der Waals surface area contributed by atoms with E-state index in [2.05, 4.69) is 9.84 Å². The third-order valence-electron chi connectivity index (χ3n) is 2.35. The molecule has 0 bridgehead atoms. The van der Waals surface area contributed by atoms with Gasteiger partial charge in [0.15, 0.2) is 5.69 Å². The van der Waals surface area contributed by atoms with Gasteiger partial charge in [0.25, 0.3) is 0 Å². The zero-order valence-corrected chi connectivity index (χ0v) is 7.57. The second-order valence-corrected chi connectivity index (χ2v) is 3.33. The van der Waals surface area contributed by atoms with Crippen LogP contribution in [0.5, 0.6) is 0 Å². The van der Waals surface area contributed by atoms with Crippen molar-refractivity contribution in [1.82, 2.24) is 0 Å². The molecule has 0 amide bonds. The number of rotatable bonds is 1. The molecule has 1 atom stereocenters. The quantitative estimate of drug-likeness (QED) is 0.603. The molecule has 1 aromatic rings. The average Bonchev–Trinajstić information content (AvgIpc) is 2.69. The molecule has 0 aliphatic carbocycles. The maximum Gasteiger partial charge on any atom is 0.190 e. The lowest BCUT2D eigenvalue weighted by atomic mass is 9.97. The van der Waals surface area contributed by atoms with Crippen LogP contribution < -0.4 is 0 Å². The van der Waals surface area contributed by atoms with E-state index in [9.17, 15) is 4.39 Å². The first kappa shape index (κ1) is 8.89. The fourth-order valence-corrected chi connectivity index (χ4v) is 1.62. The van der Waals surface area contributed by atoms with Crippen LogP contribution in [0.3, 0.4) is 0 Å². The molecule has 1 heterocycles. The summed E-state index contributed by atoms with van der Waals surface area (Å²) in [7, 11) is 0. The number of hydrogen-bond donors (Lipinski definition) is 0. The van der Waals surface area contributed by atoms with Crippen LogP contribution in [-0.4, -0.2) is 12.8 Å². The van der Waals surface area contributed by atoms with Gasteiger partial charge in [-0.05, 0) is 24.8 Å². The largest absolute Gasteiger partial charge is 0.297 e. The van der Waals surface area contributed by atoms with Crippen LogP contribution in [0.1, 0.15) is 17.9 Å². The molecule has 0 aromatic heterocycles. The highest BCUT2D eigenvalue weighted by Crippen LogP contribution is 2.27. The summed E-state index contributed by atoms with van der Waals surface area (Å²) in [6, 6.07) is 4.50. The van der Waals surface area contributed by atoms with Gasteiger partial charge in [0.2, 0.25) is 0 Å². The molecular weight excluding hydrogens is 179 g/mol. The number of nitrogens with zero attached hydrogens (tertiary/aromatic N) is 2.